The number of hydrogen-bond donors (Lipinski definition) is 0. The van der Waals surface area contributed by atoms with E-state index in [2.05, 4.69) is 0 Å². The Bertz CT molecular complexity index is 812. The number of sulfone groups is 1. The van der Waals surface area contributed by atoms with Crippen molar-refractivity contribution in [3.63, 3.8) is 0 Å². The Morgan fingerprint density at radius 3 is 2.52 bits per heavy atom. The smallest absolute Gasteiger partial charge is 0.214 e. The standard InChI is InChI=1S/C15H13FO4S/c1-9(2)19-11-4-6-14-13(8-11)20-12-5-3-10(16)7-15(12)21(14,17)18/h3-9H,1-2H3. The van der Waals surface area contributed by atoms with E-state index in [0.717, 1.165) is 12.1 Å². The van der Waals surface area contributed by atoms with E-state index in [1.807, 2.05) is 13.8 Å². The van der Waals surface area contributed by atoms with Crippen molar-refractivity contribution in [1.82, 2.24) is 0 Å². The molecule has 1 heterocycles. The quantitative estimate of drug-likeness (QED) is 0.726. The Hall–Kier alpha value is -2.08. The Balaban J connectivity index is 2.14. The summed E-state index contributed by atoms with van der Waals surface area (Å²) in [6.07, 6.45) is -0.0374. The molecule has 1 aliphatic rings. The summed E-state index contributed by atoms with van der Waals surface area (Å²) in [6.45, 7) is 3.74. The Morgan fingerprint density at radius 2 is 1.81 bits per heavy atom. The van der Waals surface area contributed by atoms with Crippen molar-refractivity contribution in [2.24, 2.45) is 0 Å². The molecule has 1 aliphatic heterocycles. The van der Waals surface area contributed by atoms with Crippen LogP contribution in [0.3, 0.4) is 0 Å². The van der Waals surface area contributed by atoms with Gasteiger partial charge in [-0.3, -0.25) is 0 Å². The first-order chi connectivity index (χ1) is 9.88. The van der Waals surface area contributed by atoms with Gasteiger partial charge in [0.2, 0.25) is 9.84 Å². The summed E-state index contributed by atoms with van der Waals surface area (Å²) in [4.78, 5) is -0.149. The minimum atomic E-state index is -3.79. The topological polar surface area (TPSA) is 52.6 Å². The van der Waals surface area contributed by atoms with Crippen LogP contribution in [-0.2, 0) is 9.84 Å². The zero-order valence-corrected chi connectivity index (χ0v) is 12.3. The lowest BCUT2D eigenvalue weighted by Gasteiger charge is -2.21. The number of benzene rings is 2. The fourth-order valence-corrected chi connectivity index (χ4v) is 3.64. The van der Waals surface area contributed by atoms with Gasteiger partial charge >= 0.3 is 0 Å². The second kappa shape index (κ2) is 4.73. The fourth-order valence-electron chi connectivity index (χ4n) is 2.15. The van der Waals surface area contributed by atoms with Crippen LogP contribution in [0.5, 0.6) is 17.2 Å². The third-order valence-electron chi connectivity index (χ3n) is 2.99. The Kier molecular flexibility index (Phi) is 3.13. The molecule has 4 nitrogen and oxygen atoms in total. The highest BCUT2D eigenvalue weighted by atomic mass is 32.2. The van der Waals surface area contributed by atoms with Crippen molar-refractivity contribution in [3.05, 3.63) is 42.2 Å². The third kappa shape index (κ3) is 2.35. The monoisotopic (exact) mass is 308 g/mol. The summed E-state index contributed by atoms with van der Waals surface area (Å²) in [6, 6.07) is 7.93. The van der Waals surface area contributed by atoms with Gasteiger partial charge < -0.3 is 9.47 Å². The molecule has 0 aromatic heterocycles. The van der Waals surface area contributed by atoms with E-state index >= 15 is 0 Å². The molecule has 2 aromatic carbocycles. The van der Waals surface area contributed by atoms with Crippen molar-refractivity contribution < 1.29 is 22.3 Å². The number of ether oxygens (including phenoxy) is 2. The van der Waals surface area contributed by atoms with Gasteiger partial charge in [-0.25, -0.2) is 12.8 Å². The molecule has 0 N–H and O–H groups in total. The van der Waals surface area contributed by atoms with Crippen molar-refractivity contribution in [2.75, 3.05) is 0 Å². The van der Waals surface area contributed by atoms with Crippen LogP contribution in [0.2, 0.25) is 0 Å². The summed E-state index contributed by atoms with van der Waals surface area (Å²) < 4.78 is 49.4. The average Bonchev–Trinajstić information content (AvgIpc) is 2.39. The van der Waals surface area contributed by atoms with Gasteiger partial charge in [-0.05, 0) is 44.2 Å². The SMILES string of the molecule is CC(C)Oc1ccc2c(c1)Oc1ccc(F)cc1S2(=O)=O. The molecule has 0 unspecified atom stereocenters. The second-order valence-corrected chi connectivity index (χ2v) is 6.86. The summed E-state index contributed by atoms with van der Waals surface area (Å²) in [5.74, 6) is 0.200. The maximum absolute atomic E-state index is 13.3. The first-order valence-electron chi connectivity index (χ1n) is 6.41. The van der Waals surface area contributed by atoms with E-state index in [1.165, 1.54) is 18.2 Å². The predicted molar refractivity (Wildman–Crippen MR) is 74.1 cm³/mol. The molecular formula is C15H13FO4S. The van der Waals surface area contributed by atoms with Gasteiger partial charge in [0.1, 0.15) is 32.9 Å². The lowest BCUT2D eigenvalue weighted by Crippen LogP contribution is -2.12. The largest absolute Gasteiger partial charge is 0.491 e. The molecule has 0 fully saturated rings. The maximum Gasteiger partial charge on any atom is 0.214 e. The first kappa shape index (κ1) is 13.9. The molecule has 3 rings (SSSR count). The lowest BCUT2D eigenvalue weighted by molar-refractivity contribution is 0.241. The van der Waals surface area contributed by atoms with Crippen LogP contribution in [0.25, 0.3) is 0 Å². The predicted octanol–water partition coefficient (Wildman–Crippen LogP) is 3.55. The number of hydrogen-bond acceptors (Lipinski definition) is 4. The summed E-state index contributed by atoms with van der Waals surface area (Å²) in [7, 11) is -3.79. The van der Waals surface area contributed by atoms with Crippen molar-refractivity contribution in [1.29, 1.82) is 0 Å². The Morgan fingerprint density at radius 1 is 1.05 bits per heavy atom. The molecule has 0 aliphatic carbocycles. The molecule has 0 spiro atoms. The van der Waals surface area contributed by atoms with Crippen LogP contribution < -0.4 is 9.47 Å². The Labute approximate surface area is 122 Å². The van der Waals surface area contributed by atoms with Crippen LogP contribution >= 0.6 is 0 Å². The average molecular weight is 308 g/mol. The molecular weight excluding hydrogens is 295 g/mol. The van der Waals surface area contributed by atoms with E-state index in [0.29, 0.717) is 5.75 Å². The third-order valence-corrected chi connectivity index (χ3v) is 4.81. The molecule has 110 valence electrons. The van der Waals surface area contributed by atoms with Gasteiger partial charge in [-0.15, -0.1) is 0 Å². The molecule has 0 bridgehead atoms. The van der Waals surface area contributed by atoms with Gasteiger partial charge in [0.25, 0.3) is 0 Å². The molecule has 2 aromatic rings. The van der Waals surface area contributed by atoms with E-state index in [4.69, 9.17) is 9.47 Å². The zero-order chi connectivity index (χ0) is 15.2. The minimum absolute atomic E-state index is 0.0108. The van der Waals surface area contributed by atoms with E-state index in [9.17, 15) is 12.8 Å². The van der Waals surface area contributed by atoms with Crippen LogP contribution in [-0.4, -0.2) is 14.5 Å². The molecule has 0 saturated carbocycles. The number of halogens is 1. The maximum atomic E-state index is 13.3. The lowest BCUT2D eigenvalue weighted by atomic mass is 10.3. The summed E-state index contributed by atoms with van der Waals surface area (Å²) in [5.41, 5.74) is 0. The molecule has 0 atom stereocenters. The second-order valence-electron chi connectivity index (χ2n) is 4.97. The molecule has 0 amide bonds. The van der Waals surface area contributed by atoms with Crippen molar-refractivity contribution >= 4 is 9.84 Å². The summed E-state index contributed by atoms with van der Waals surface area (Å²) >= 11 is 0. The van der Waals surface area contributed by atoms with Crippen LogP contribution in [0.1, 0.15) is 13.8 Å². The van der Waals surface area contributed by atoms with E-state index < -0.39 is 15.7 Å². The van der Waals surface area contributed by atoms with Crippen LogP contribution in [0.15, 0.2) is 46.2 Å². The number of fused-ring (bicyclic) bond motifs is 2. The van der Waals surface area contributed by atoms with Crippen LogP contribution in [0.4, 0.5) is 4.39 Å². The van der Waals surface area contributed by atoms with Gasteiger partial charge in [0.05, 0.1) is 6.10 Å². The molecule has 0 saturated heterocycles. The number of rotatable bonds is 2. The highest BCUT2D eigenvalue weighted by Gasteiger charge is 2.32. The minimum Gasteiger partial charge on any atom is -0.491 e. The van der Waals surface area contributed by atoms with Crippen LogP contribution in [0, 0.1) is 5.82 Å². The van der Waals surface area contributed by atoms with Gasteiger partial charge in [-0.2, -0.15) is 0 Å². The molecule has 21 heavy (non-hydrogen) atoms. The highest BCUT2D eigenvalue weighted by molar-refractivity contribution is 7.91. The van der Waals surface area contributed by atoms with Gasteiger partial charge in [0.15, 0.2) is 0 Å². The normalized spacial score (nSPS) is 15.0. The van der Waals surface area contributed by atoms with Crippen molar-refractivity contribution in [2.45, 2.75) is 29.7 Å². The zero-order valence-electron chi connectivity index (χ0n) is 11.5. The van der Waals surface area contributed by atoms with Crippen molar-refractivity contribution in [3.8, 4) is 17.2 Å². The molecule has 6 heteroatoms. The van der Waals surface area contributed by atoms with Gasteiger partial charge in [-0.1, -0.05) is 0 Å². The highest BCUT2D eigenvalue weighted by Crippen LogP contribution is 2.44. The molecule has 0 radical (unpaired) electrons. The van der Waals surface area contributed by atoms with E-state index in [-0.39, 0.29) is 27.4 Å². The van der Waals surface area contributed by atoms with E-state index in [1.54, 1.807) is 6.07 Å². The fraction of sp³-hybridized carbons (Fsp3) is 0.200. The summed E-state index contributed by atoms with van der Waals surface area (Å²) in [5, 5.41) is 0. The van der Waals surface area contributed by atoms with Gasteiger partial charge in [0, 0.05) is 6.07 Å². The first-order valence-corrected chi connectivity index (χ1v) is 7.89.